The SMILES string of the molecule is C.C/C=C\C=C/CC. The topological polar surface area (TPSA) is 0 Å². The van der Waals surface area contributed by atoms with Gasteiger partial charge in [0.1, 0.15) is 0 Å². The van der Waals surface area contributed by atoms with Gasteiger partial charge < -0.3 is 0 Å². The van der Waals surface area contributed by atoms with Crippen molar-refractivity contribution in [1.82, 2.24) is 0 Å². The molecule has 0 aromatic rings. The zero-order chi connectivity index (χ0) is 5.54. The minimum Gasteiger partial charge on any atom is -0.0877 e. The van der Waals surface area contributed by atoms with Crippen molar-refractivity contribution in [2.24, 2.45) is 0 Å². The molecular weight excluding hydrogens is 96.1 g/mol. The number of rotatable bonds is 2. The van der Waals surface area contributed by atoms with E-state index in [0.717, 1.165) is 6.42 Å². The van der Waals surface area contributed by atoms with Gasteiger partial charge in [-0.05, 0) is 13.3 Å². The van der Waals surface area contributed by atoms with Crippen molar-refractivity contribution in [2.45, 2.75) is 27.7 Å². The van der Waals surface area contributed by atoms with Crippen LogP contribution in [0.5, 0.6) is 0 Å². The van der Waals surface area contributed by atoms with E-state index in [0.29, 0.717) is 0 Å². The first-order valence-corrected chi connectivity index (χ1v) is 2.69. The van der Waals surface area contributed by atoms with Crippen LogP contribution in [-0.4, -0.2) is 0 Å². The second-order valence-corrected chi connectivity index (χ2v) is 1.36. The van der Waals surface area contributed by atoms with Gasteiger partial charge in [-0.25, -0.2) is 0 Å². The Balaban J connectivity index is 0. The molecule has 48 valence electrons. The molecule has 0 nitrogen and oxygen atoms in total. The molecule has 0 aliphatic carbocycles. The highest BCUT2D eigenvalue weighted by molar-refractivity contribution is 5.00. The second kappa shape index (κ2) is 9.70. The van der Waals surface area contributed by atoms with Gasteiger partial charge in [0.2, 0.25) is 0 Å². The summed E-state index contributed by atoms with van der Waals surface area (Å²) >= 11 is 0. The minimum absolute atomic E-state index is 0. The molecule has 0 saturated carbocycles. The van der Waals surface area contributed by atoms with Crippen LogP contribution in [0.25, 0.3) is 0 Å². The molecule has 0 rings (SSSR count). The quantitative estimate of drug-likeness (QED) is 0.481. The lowest BCUT2D eigenvalue weighted by Gasteiger charge is -1.70. The summed E-state index contributed by atoms with van der Waals surface area (Å²) in [7, 11) is 0. The smallest absolute Gasteiger partial charge is 0.0376 e. The maximum Gasteiger partial charge on any atom is -0.0376 e. The first-order chi connectivity index (χ1) is 3.41. The molecule has 0 bridgehead atoms. The molecule has 8 heavy (non-hydrogen) atoms. The average Bonchev–Trinajstić information content (AvgIpc) is 1.69. The predicted octanol–water partition coefficient (Wildman–Crippen LogP) is 3.16. The van der Waals surface area contributed by atoms with E-state index in [9.17, 15) is 0 Å². The molecule has 0 atom stereocenters. The number of hydrogen-bond donors (Lipinski definition) is 0. The third-order valence-corrected chi connectivity index (χ3v) is 0.675. The summed E-state index contributed by atoms with van der Waals surface area (Å²) < 4.78 is 0. The maximum atomic E-state index is 2.12. The van der Waals surface area contributed by atoms with Crippen molar-refractivity contribution in [3.05, 3.63) is 24.3 Å². The first-order valence-electron chi connectivity index (χ1n) is 2.69. The van der Waals surface area contributed by atoms with Crippen molar-refractivity contribution < 1.29 is 0 Å². The molecule has 0 spiro atoms. The van der Waals surface area contributed by atoms with Crippen molar-refractivity contribution in [1.29, 1.82) is 0 Å². The molecule has 0 aliphatic heterocycles. The van der Waals surface area contributed by atoms with Crippen molar-refractivity contribution >= 4 is 0 Å². The van der Waals surface area contributed by atoms with E-state index in [2.05, 4.69) is 19.1 Å². The summed E-state index contributed by atoms with van der Waals surface area (Å²) in [5.41, 5.74) is 0. The zero-order valence-corrected chi connectivity index (χ0v) is 5.02. The van der Waals surface area contributed by atoms with Gasteiger partial charge in [-0.3, -0.25) is 0 Å². The highest BCUT2D eigenvalue weighted by atomic mass is 13.6. The number of hydrogen-bond acceptors (Lipinski definition) is 0. The highest BCUT2D eigenvalue weighted by Gasteiger charge is 1.57. The summed E-state index contributed by atoms with van der Waals surface area (Å²) in [6.07, 6.45) is 9.36. The molecular formula is C8H16. The Hall–Kier alpha value is -0.520. The van der Waals surface area contributed by atoms with Crippen LogP contribution < -0.4 is 0 Å². The normalized spacial score (nSPS) is 10.2. The molecule has 0 aromatic heterocycles. The molecule has 0 saturated heterocycles. The monoisotopic (exact) mass is 112 g/mol. The van der Waals surface area contributed by atoms with Crippen LogP contribution in [0.4, 0.5) is 0 Å². The van der Waals surface area contributed by atoms with Crippen LogP contribution in [0.1, 0.15) is 27.7 Å². The Morgan fingerprint density at radius 2 is 1.88 bits per heavy atom. The Labute approximate surface area is 52.9 Å². The molecule has 0 N–H and O–H groups in total. The maximum absolute atomic E-state index is 2.12. The average molecular weight is 112 g/mol. The standard InChI is InChI=1S/C7H12.CH4/c1-3-5-7-6-4-2;/h3,5-7H,4H2,1-2H3;1H4/b5-3-,7-6-;. The molecule has 0 aromatic carbocycles. The Morgan fingerprint density at radius 1 is 1.25 bits per heavy atom. The van der Waals surface area contributed by atoms with E-state index < -0.39 is 0 Å². The third kappa shape index (κ3) is 9.08. The van der Waals surface area contributed by atoms with E-state index in [-0.39, 0.29) is 7.43 Å². The van der Waals surface area contributed by atoms with Gasteiger partial charge in [0.25, 0.3) is 0 Å². The molecule has 0 aliphatic rings. The van der Waals surface area contributed by atoms with E-state index in [1.54, 1.807) is 0 Å². The molecule has 0 radical (unpaired) electrons. The predicted molar refractivity (Wildman–Crippen MR) is 41.0 cm³/mol. The van der Waals surface area contributed by atoms with Crippen LogP contribution in [-0.2, 0) is 0 Å². The van der Waals surface area contributed by atoms with Gasteiger partial charge in [0, 0.05) is 0 Å². The van der Waals surface area contributed by atoms with Gasteiger partial charge in [-0.1, -0.05) is 38.7 Å². The van der Waals surface area contributed by atoms with E-state index in [1.807, 2.05) is 19.1 Å². The fraction of sp³-hybridized carbons (Fsp3) is 0.500. The summed E-state index contributed by atoms with van der Waals surface area (Å²) in [5.74, 6) is 0. The zero-order valence-electron chi connectivity index (χ0n) is 5.02. The molecule has 0 heteroatoms. The summed E-state index contributed by atoms with van der Waals surface area (Å²) in [4.78, 5) is 0. The number of allylic oxidation sites excluding steroid dienone is 4. The third-order valence-electron chi connectivity index (χ3n) is 0.675. The van der Waals surface area contributed by atoms with Gasteiger partial charge in [0.15, 0.2) is 0 Å². The molecule has 0 fully saturated rings. The molecule has 0 heterocycles. The van der Waals surface area contributed by atoms with Crippen molar-refractivity contribution in [3.63, 3.8) is 0 Å². The Kier molecular flexibility index (Phi) is 12.7. The summed E-state index contributed by atoms with van der Waals surface area (Å²) in [6.45, 7) is 4.14. The van der Waals surface area contributed by atoms with Gasteiger partial charge >= 0.3 is 0 Å². The fourth-order valence-corrected chi connectivity index (χ4v) is 0.326. The van der Waals surface area contributed by atoms with E-state index >= 15 is 0 Å². The lowest BCUT2D eigenvalue weighted by molar-refractivity contribution is 1.22. The largest absolute Gasteiger partial charge is 0.0877 e. The van der Waals surface area contributed by atoms with Crippen LogP contribution in [0.3, 0.4) is 0 Å². The Morgan fingerprint density at radius 3 is 2.25 bits per heavy atom. The van der Waals surface area contributed by atoms with Crippen molar-refractivity contribution in [2.75, 3.05) is 0 Å². The van der Waals surface area contributed by atoms with Gasteiger partial charge in [0.05, 0.1) is 0 Å². The van der Waals surface area contributed by atoms with Crippen LogP contribution in [0, 0.1) is 0 Å². The minimum atomic E-state index is 0. The van der Waals surface area contributed by atoms with Crippen molar-refractivity contribution in [3.8, 4) is 0 Å². The summed E-state index contributed by atoms with van der Waals surface area (Å²) in [5, 5.41) is 0. The Bertz CT molecular complexity index is 68.1. The molecule has 0 amide bonds. The van der Waals surface area contributed by atoms with Crippen LogP contribution >= 0.6 is 0 Å². The van der Waals surface area contributed by atoms with E-state index in [4.69, 9.17) is 0 Å². The fourth-order valence-electron chi connectivity index (χ4n) is 0.326. The van der Waals surface area contributed by atoms with Gasteiger partial charge in [-0.15, -0.1) is 0 Å². The summed E-state index contributed by atoms with van der Waals surface area (Å²) in [6, 6.07) is 0. The van der Waals surface area contributed by atoms with Gasteiger partial charge in [-0.2, -0.15) is 0 Å². The second-order valence-electron chi connectivity index (χ2n) is 1.36. The lowest BCUT2D eigenvalue weighted by atomic mass is 10.4. The van der Waals surface area contributed by atoms with Crippen LogP contribution in [0.15, 0.2) is 24.3 Å². The molecule has 0 unspecified atom stereocenters. The van der Waals surface area contributed by atoms with E-state index in [1.165, 1.54) is 0 Å². The highest BCUT2D eigenvalue weighted by Crippen LogP contribution is 1.79. The first kappa shape index (κ1) is 10.5. The lowest BCUT2D eigenvalue weighted by Crippen LogP contribution is -1.48. The van der Waals surface area contributed by atoms with Crippen LogP contribution in [0.2, 0.25) is 0 Å².